The molecule has 0 unspecified atom stereocenters. The Morgan fingerprint density at radius 2 is 2.04 bits per heavy atom. The average molecular weight is 313 g/mol. The van der Waals surface area contributed by atoms with Crippen molar-refractivity contribution in [1.29, 1.82) is 0 Å². The number of aromatic nitrogens is 3. The van der Waals surface area contributed by atoms with Gasteiger partial charge in [0.15, 0.2) is 5.82 Å². The summed E-state index contributed by atoms with van der Waals surface area (Å²) in [5.74, 6) is 1.39. The van der Waals surface area contributed by atoms with E-state index in [1.54, 1.807) is 49.3 Å². The summed E-state index contributed by atoms with van der Waals surface area (Å²) in [7, 11) is 1.56. The first-order chi connectivity index (χ1) is 11.2. The lowest BCUT2D eigenvalue weighted by atomic mass is 10.2. The van der Waals surface area contributed by atoms with Gasteiger partial charge in [0.1, 0.15) is 18.2 Å². The number of hydrogen-bond donors (Lipinski definition) is 0. The van der Waals surface area contributed by atoms with Gasteiger partial charge in [0.05, 0.1) is 7.11 Å². The van der Waals surface area contributed by atoms with Crippen LogP contribution in [0.3, 0.4) is 0 Å². The molecule has 0 bridgehead atoms. The van der Waals surface area contributed by atoms with Gasteiger partial charge in [-0.3, -0.25) is 0 Å². The fraction of sp³-hybridized carbons (Fsp3) is 0.176. The standard InChI is InChI=1S/C17H16FN3O2/c1-12-3-4-14(10-15(12)18)23-11-13-5-7-19-16(9-13)21-8-6-17(20-21)22-2/h3-10H,11H2,1-2H3. The molecule has 2 heterocycles. The van der Waals surface area contributed by atoms with Gasteiger partial charge in [-0.15, -0.1) is 5.10 Å². The van der Waals surface area contributed by atoms with Crippen LogP contribution in [0.5, 0.6) is 11.6 Å². The van der Waals surface area contributed by atoms with Crippen molar-refractivity contribution in [3.05, 3.63) is 65.7 Å². The average Bonchev–Trinajstić information content (AvgIpc) is 3.05. The highest BCUT2D eigenvalue weighted by Gasteiger charge is 2.05. The molecule has 0 fully saturated rings. The number of nitrogens with zero attached hydrogens (tertiary/aromatic N) is 3. The van der Waals surface area contributed by atoms with Crippen molar-refractivity contribution in [2.75, 3.05) is 7.11 Å². The van der Waals surface area contributed by atoms with Crippen LogP contribution in [0.2, 0.25) is 0 Å². The normalized spacial score (nSPS) is 10.6. The highest BCUT2D eigenvalue weighted by atomic mass is 19.1. The number of ether oxygens (including phenoxy) is 2. The third kappa shape index (κ3) is 3.48. The van der Waals surface area contributed by atoms with E-state index < -0.39 is 0 Å². The van der Waals surface area contributed by atoms with Crippen molar-refractivity contribution < 1.29 is 13.9 Å². The number of aryl methyl sites for hydroxylation is 1. The number of pyridine rings is 1. The molecule has 0 amide bonds. The molecule has 118 valence electrons. The second kappa shape index (κ2) is 6.48. The van der Waals surface area contributed by atoms with E-state index in [1.807, 2.05) is 12.1 Å². The van der Waals surface area contributed by atoms with Gasteiger partial charge in [0, 0.05) is 24.5 Å². The van der Waals surface area contributed by atoms with Gasteiger partial charge in [0.25, 0.3) is 0 Å². The Bertz CT molecular complexity index is 817. The largest absolute Gasteiger partial charge is 0.489 e. The molecule has 0 aliphatic rings. The van der Waals surface area contributed by atoms with Crippen molar-refractivity contribution in [3.8, 4) is 17.4 Å². The predicted molar refractivity (Wildman–Crippen MR) is 83.4 cm³/mol. The maximum Gasteiger partial charge on any atom is 0.232 e. The van der Waals surface area contributed by atoms with E-state index in [1.165, 1.54) is 6.07 Å². The van der Waals surface area contributed by atoms with Gasteiger partial charge in [-0.05, 0) is 36.2 Å². The molecule has 2 aromatic heterocycles. The minimum absolute atomic E-state index is 0.276. The van der Waals surface area contributed by atoms with Crippen LogP contribution in [-0.4, -0.2) is 21.9 Å². The molecule has 0 radical (unpaired) electrons. The molecule has 0 atom stereocenters. The van der Waals surface area contributed by atoms with E-state index in [-0.39, 0.29) is 5.82 Å². The van der Waals surface area contributed by atoms with Gasteiger partial charge in [0.2, 0.25) is 5.88 Å². The fourth-order valence-corrected chi connectivity index (χ4v) is 2.05. The van der Waals surface area contributed by atoms with E-state index in [9.17, 15) is 4.39 Å². The molecule has 1 aromatic carbocycles. The minimum Gasteiger partial charge on any atom is -0.489 e. The molecule has 6 heteroatoms. The maximum absolute atomic E-state index is 13.5. The summed E-state index contributed by atoms with van der Waals surface area (Å²) in [5, 5.41) is 4.22. The molecule has 0 aliphatic heterocycles. The molecule has 0 saturated heterocycles. The summed E-state index contributed by atoms with van der Waals surface area (Å²) in [6, 6.07) is 10.3. The molecule has 3 rings (SSSR count). The topological polar surface area (TPSA) is 49.2 Å². The fourth-order valence-electron chi connectivity index (χ4n) is 2.05. The molecule has 0 saturated carbocycles. The first-order valence-electron chi connectivity index (χ1n) is 7.09. The van der Waals surface area contributed by atoms with Crippen molar-refractivity contribution in [1.82, 2.24) is 14.8 Å². The summed E-state index contributed by atoms with van der Waals surface area (Å²) in [5.41, 5.74) is 1.50. The van der Waals surface area contributed by atoms with Crippen molar-refractivity contribution in [2.24, 2.45) is 0 Å². The summed E-state index contributed by atoms with van der Waals surface area (Å²) >= 11 is 0. The van der Waals surface area contributed by atoms with E-state index in [2.05, 4.69) is 10.1 Å². The second-order valence-electron chi connectivity index (χ2n) is 5.02. The predicted octanol–water partition coefficient (Wildman–Crippen LogP) is 3.30. The lowest BCUT2D eigenvalue weighted by Crippen LogP contribution is -2.02. The Balaban J connectivity index is 1.73. The molecule has 3 aromatic rings. The van der Waals surface area contributed by atoms with E-state index in [4.69, 9.17) is 9.47 Å². The molecule has 23 heavy (non-hydrogen) atoms. The van der Waals surface area contributed by atoms with Crippen LogP contribution in [0.1, 0.15) is 11.1 Å². The van der Waals surface area contributed by atoms with E-state index in [0.717, 1.165) is 5.56 Å². The maximum atomic E-state index is 13.5. The zero-order valence-corrected chi connectivity index (χ0v) is 12.9. The molecular formula is C17H16FN3O2. The Morgan fingerprint density at radius 3 is 2.78 bits per heavy atom. The number of halogens is 1. The zero-order chi connectivity index (χ0) is 16.2. The molecular weight excluding hydrogens is 297 g/mol. The van der Waals surface area contributed by atoms with Crippen molar-refractivity contribution in [3.63, 3.8) is 0 Å². The van der Waals surface area contributed by atoms with Crippen molar-refractivity contribution in [2.45, 2.75) is 13.5 Å². The Hall–Kier alpha value is -2.89. The SMILES string of the molecule is COc1ccn(-c2cc(COc3ccc(C)c(F)c3)ccn2)n1. The number of rotatable bonds is 5. The van der Waals surface area contributed by atoms with E-state index in [0.29, 0.717) is 29.6 Å². The van der Waals surface area contributed by atoms with Gasteiger partial charge in [-0.25, -0.2) is 14.1 Å². The number of benzene rings is 1. The van der Waals surface area contributed by atoms with Gasteiger partial charge < -0.3 is 9.47 Å². The van der Waals surface area contributed by atoms with Crippen LogP contribution >= 0.6 is 0 Å². The Kier molecular flexibility index (Phi) is 4.23. The van der Waals surface area contributed by atoms with Crippen LogP contribution in [0.4, 0.5) is 4.39 Å². The van der Waals surface area contributed by atoms with Crippen LogP contribution in [0.25, 0.3) is 5.82 Å². The highest BCUT2D eigenvalue weighted by molar-refractivity contribution is 5.30. The van der Waals surface area contributed by atoms with Crippen molar-refractivity contribution >= 4 is 0 Å². The lowest BCUT2D eigenvalue weighted by Gasteiger charge is -2.08. The lowest BCUT2D eigenvalue weighted by molar-refractivity contribution is 0.304. The minimum atomic E-state index is -0.276. The van der Waals surface area contributed by atoms with Crippen LogP contribution in [-0.2, 0) is 6.61 Å². The van der Waals surface area contributed by atoms with Gasteiger partial charge in [-0.1, -0.05) is 6.07 Å². The zero-order valence-electron chi connectivity index (χ0n) is 12.9. The monoisotopic (exact) mass is 313 g/mol. The quantitative estimate of drug-likeness (QED) is 0.725. The summed E-state index contributed by atoms with van der Waals surface area (Å²) in [6.45, 7) is 2.03. The summed E-state index contributed by atoms with van der Waals surface area (Å²) in [4.78, 5) is 4.27. The Morgan fingerprint density at radius 1 is 1.17 bits per heavy atom. The first kappa shape index (κ1) is 15.0. The summed E-state index contributed by atoms with van der Waals surface area (Å²) < 4.78 is 25.8. The first-order valence-corrected chi connectivity index (χ1v) is 7.09. The van der Waals surface area contributed by atoms with E-state index >= 15 is 0 Å². The third-order valence-corrected chi connectivity index (χ3v) is 3.37. The number of hydrogen-bond acceptors (Lipinski definition) is 4. The second-order valence-corrected chi connectivity index (χ2v) is 5.02. The van der Waals surface area contributed by atoms with Gasteiger partial charge >= 0.3 is 0 Å². The Labute approximate surface area is 133 Å². The summed E-state index contributed by atoms with van der Waals surface area (Å²) in [6.07, 6.45) is 3.44. The van der Waals surface area contributed by atoms with Crippen LogP contribution in [0, 0.1) is 12.7 Å². The molecule has 0 aliphatic carbocycles. The highest BCUT2D eigenvalue weighted by Crippen LogP contribution is 2.18. The molecule has 5 nitrogen and oxygen atoms in total. The third-order valence-electron chi connectivity index (χ3n) is 3.37. The van der Waals surface area contributed by atoms with Gasteiger partial charge in [-0.2, -0.15) is 0 Å². The molecule has 0 N–H and O–H groups in total. The smallest absolute Gasteiger partial charge is 0.232 e. The van der Waals surface area contributed by atoms with Crippen LogP contribution in [0.15, 0.2) is 48.8 Å². The number of methoxy groups -OCH3 is 1. The van der Waals surface area contributed by atoms with Crippen LogP contribution < -0.4 is 9.47 Å². The molecule has 0 spiro atoms.